The van der Waals surface area contributed by atoms with Gasteiger partial charge in [-0.25, -0.2) is 13.1 Å². The molecule has 0 radical (unpaired) electrons. The smallest absolute Gasteiger partial charge is 0.241 e. The molecule has 2 heterocycles. The summed E-state index contributed by atoms with van der Waals surface area (Å²) in [6, 6.07) is 4.85. The fourth-order valence-corrected chi connectivity index (χ4v) is 3.60. The second-order valence-electron chi connectivity index (χ2n) is 4.87. The average Bonchev–Trinajstić information content (AvgIpc) is 3.08. The second kappa shape index (κ2) is 4.92. The fraction of sp³-hybridized carbons (Fsp3) is 0.308. The molecule has 1 aromatic carbocycles. The summed E-state index contributed by atoms with van der Waals surface area (Å²) in [5.74, 6) is 0. The van der Waals surface area contributed by atoms with Gasteiger partial charge in [0.1, 0.15) is 0 Å². The number of anilines is 1. The Morgan fingerprint density at radius 3 is 3.00 bits per heavy atom. The molecule has 3 rings (SSSR count). The summed E-state index contributed by atoms with van der Waals surface area (Å²) < 4.78 is 27.4. The number of hydrogen-bond donors (Lipinski definition) is 3. The molecule has 0 amide bonds. The van der Waals surface area contributed by atoms with Gasteiger partial charge >= 0.3 is 0 Å². The molecule has 1 aromatic heterocycles. The van der Waals surface area contributed by atoms with Crippen LogP contribution in [-0.2, 0) is 16.4 Å². The lowest BCUT2D eigenvalue weighted by Crippen LogP contribution is -2.26. The number of benzene rings is 1. The van der Waals surface area contributed by atoms with Crippen molar-refractivity contribution in [3.8, 4) is 0 Å². The zero-order chi connectivity index (χ0) is 14.2. The van der Waals surface area contributed by atoms with Gasteiger partial charge in [0.25, 0.3) is 0 Å². The van der Waals surface area contributed by atoms with Gasteiger partial charge in [-0.15, -0.1) is 0 Å². The van der Waals surface area contributed by atoms with E-state index in [9.17, 15) is 8.42 Å². The first-order chi connectivity index (χ1) is 9.56. The lowest BCUT2D eigenvalue weighted by Gasteiger charge is -2.13. The topological polar surface area (TPSA) is 86.9 Å². The standard InChI is InChI=1S/C13H16N4O2S/c1-9(11-7-15-16-8-11)17-20(18,19)12-2-3-13-10(6-12)4-5-14-13/h2-3,6-9,14,17H,4-5H2,1H3,(H,15,16). The summed E-state index contributed by atoms with van der Waals surface area (Å²) in [5.41, 5.74) is 2.87. The van der Waals surface area contributed by atoms with E-state index in [1.807, 2.05) is 6.07 Å². The SMILES string of the molecule is CC(NS(=O)(=O)c1ccc2c(c1)CCN2)c1cn[nH]c1. The highest BCUT2D eigenvalue weighted by molar-refractivity contribution is 7.89. The van der Waals surface area contributed by atoms with Crippen LogP contribution in [0.5, 0.6) is 0 Å². The largest absolute Gasteiger partial charge is 0.384 e. The third-order valence-electron chi connectivity index (χ3n) is 3.45. The summed E-state index contributed by atoms with van der Waals surface area (Å²) in [6.07, 6.45) is 4.15. The van der Waals surface area contributed by atoms with Crippen LogP contribution in [0.2, 0.25) is 0 Å². The number of H-pyrrole nitrogens is 1. The Hall–Kier alpha value is -1.86. The number of sulfonamides is 1. The van der Waals surface area contributed by atoms with Gasteiger partial charge in [-0.05, 0) is 37.1 Å². The zero-order valence-corrected chi connectivity index (χ0v) is 11.9. The van der Waals surface area contributed by atoms with Crippen LogP contribution >= 0.6 is 0 Å². The minimum Gasteiger partial charge on any atom is -0.384 e. The monoisotopic (exact) mass is 292 g/mol. The van der Waals surface area contributed by atoms with Crippen LogP contribution in [0.1, 0.15) is 24.1 Å². The van der Waals surface area contributed by atoms with Crippen molar-refractivity contribution in [3.63, 3.8) is 0 Å². The van der Waals surface area contributed by atoms with E-state index in [4.69, 9.17) is 0 Å². The Kier molecular flexibility index (Phi) is 3.23. The molecule has 1 unspecified atom stereocenters. The van der Waals surface area contributed by atoms with Gasteiger partial charge in [0.2, 0.25) is 10.0 Å². The van der Waals surface area contributed by atoms with Gasteiger partial charge in [0, 0.05) is 30.0 Å². The molecule has 0 fully saturated rings. The molecule has 0 saturated heterocycles. The first kappa shape index (κ1) is 13.1. The third-order valence-corrected chi connectivity index (χ3v) is 4.99. The third kappa shape index (κ3) is 2.41. The van der Waals surface area contributed by atoms with Crippen molar-refractivity contribution >= 4 is 15.7 Å². The molecule has 0 saturated carbocycles. The van der Waals surface area contributed by atoms with Gasteiger partial charge in [-0.3, -0.25) is 5.10 Å². The Labute approximate surface area is 117 Å². The summed E-state index contributed by atoms with van der Waals surface area (Å²) in [5, 5.41) is 9.72. The molecule has 106 valence electrons. The molecular formula is C13H16N4O2S. The van der Waals surface area contributed by atoms with E-state index >= 15 is 0 Å². The first-order valence-electron chi connectivity index (χ1n) is 6.44. The van der Waals surface area contributed by atoms with E-state index < -0.39 is 10.0 Å². The number of fused-ring (bicyclic) bond motifs is 1. The quantitative estimate of drug-likeness (QED) is 0.795. The van der Waals surface area contributed by atoms with Crippen molar-refractivity contribution in [2.45, 2.75) is 24.3 Å². The molecule has 3 N–H and O–H groups in total. The molecule has 6 nitrogen and oxygen atoms in total. The van der Waals surface area contributed by atoms with Gasteiger partial charge in [0.05, 0.1) is 11.1 Å². The molecule has 1 atom stereocenters. The minimum absolute atomic E-state index is 0.301. The van der Waals surface area contributed by atoms with E-state index in [0.717, 1.165) is 29.8 Å². The van der Waals surface area contributed by atoms with E-state index in [1.54, 1.807) is 31.5 Å². The zero-order valence-electron chi connectivity index (χ0n) is 11.1. The molecule has 20 heavy (non-hydrogen) atoms. The molecule has 2 aromatic rings. The number of rotatable bonds is 4. The van der Waals surface area contributed by atoms with Crippen LogP contribution in [0.4, 0.5) is 5.69 Å². The van der Waals surface area contributed by atoms with E-state index in [2.05, 4.69) is 20.2 Å². The van der Waals surface area contributed by atoms with E-state index in [-0.39, 0.29) is 6.04 Å². The number of nitrogens with zero attached hydrogens (tertiary/aromatic N) is 1. The Balaban J connectivity index is 1.85. The number of nitrogens with one attached hydrogen (secondary N) is 3. The van der Waals surface area contributed by atoms with Crippen molar-refractivity contribution < 1.29 is 8.42 Å². The van der Waals surface area contributed by atoms with E-state index in [0.29, 0.717) is 4.90 Å². The molecule has 0 spiro atoms. The van der Waals surface area contributed by atoms with Crippen LogP contribution in [0.3, 0.4) is 0 Å². The maximum absolute atomic E-state index is 12.4. The average molecular weight is 292 g/mol. The molecular weight excluding hydrogens is 276 g/mol. The predicted molar refractivity (Wildman–Crippen MR) is 76.0 cm³/mol. The summed E-state index contributed by atoms with van der Waals surface area (Å²) >= 11 is 0. The number of aromatic nitrogens is 2. The maximum Gasteiger partial charge on any atom is 0.241 e. The number of aromatic amines is 1. The normalized spacial score (nSPS) is 15.7. The maximum atomic E-state index is 12.4. The summed E-state index contributed by atoms with van der Waals surface area (Å²) in [7, 11) is -3.53. The van der Waals surface area contributed by atoms with Crippen molar-refractivity contribution in [1.82, 2.24) is 14.9 Å². The summed E-state index contributed by atoms with van der Waals surface area (Å²) in [6.45, 7) is 2.65. The van der Waals surface area contributed by atoms with Crippen molar-refractivity contribution in [1.29, 1.82) is 0 Å². The first-order valence-corrected chi connectivity index (χ1v) is 7.92. The highest BCUT2D eigenvalue weighted by Crippen LogP contribution is 2.25. The molecule has 1 aliphatic heterocycles. The molecule has 1 aliphatic rings. The number of hydrogen-bond acceptors (Lipinski definition) is 4. The van der Waals surface area contributed by atoms with Gasteiger partial charge in [-0.2, -0.15) is 5.10 Å². The van der Waals surface area contributed by atoms with Crippen LogP contribution in [0.25, 0.3) is 0 Å². The van der Waals surface area contributed by atoms with Crippen molar-refractivity contribution in [2.24, 2.45) is 0 Å². The van der Waals surface area contributed by atoms with Gasteiger partial charge in [0.15, 0.2) is 0 Å². The van der Waals surface area contributed by atoms with Crippen LogP contribution < -0.4 is 10.0 Å². The molecule has 0 bridgehead atoms. The van der Waals surface area contributed by atoms with Crippen LogP contribution in [0, 0.1) is 0 Å². The second-order valence-corrected chi connectivity index (χ2v) is 6.58. The van der Waals surface area contributed by atoms with E-state index in [1.165, 1.54) is 0 Å². The van der Waals surface area contributed by atoms with Gasteiger partial charge in [-0.1, -0.05) is 0 Å². The Morgan fingerprint density at radius 1 is 1.40 bits per heavy atom. The fourth-order valence-electron chi connectivity index (χ4n) is 2.31. The summed E-state index contributed by atoms with van der Waals surface area (Å²) in [4.78, 5) is 0.301. The lowest BCUT2D eigenvalue weighted by atomic mass is 10.2. The Bertz CT molecular complexity index is 710. The highest BCUT2D eigenvalue weighted by Gasteiger charge is 2.21. The van der Waals surface area contributed by atoms with Crippen molar-refractivity contribution in [2.75, 3.05) is 11.9 Å². The lowest BCUT2D eigenvalue weighted by molar-refractivity contribution is 0.567. The minimum atomic E-state index is -3.53. The molecule has 7 heteroatoms. The predicted octanol–water partition coefficient (Wildman–Crippen LogP) is 1.42. The van der Waals surface area contributed by atoms with Crippen molar-refractivity contribution in [3.05, 3.63) is 41.7 Å². The van der Waals surface area contributed by atoms with Crippen LogP contribution in [-0.4, -0.2) is 25.2 Å². The van der Waals surface area contributed by atoms with Gasteiger partial charge < -0.3 is 5.32 Å². The van der Waals surface area contributed by atoms with Crippen LogP contribution in [0.15, 0.2) is 35.5 Å². The Morgan fingerprint density at radius 2 is 2.25 bits per heavy atom. The highest BCUT2D eigenvalue weighted by atomic mass is 32.2. The molecule has 0 aliphatic carbocycles.